The number of hydrogen-bond acceptors (Lipinski definition) is 4. The van der Waals surface area contributed by atoms with Gasteiger partial charge in [0.05, 0.1) is 18.8 Å². The van der Waals surface area contributed by atoms with Gasteiger partial charge < -0.3 is 19.1 Å². The molecule has 0 aromatic rings. The molecule has 63 heavy (non-hydrogen) atoms. The average Bonchev–Trinajstić information content (AvgIpc) is 3.60. The maximum absolute atomic E-state index is 6.61. The highest BCUT2D eigenvalue weighted by atomic mass is 32.1. The predicted molar refractivity (Wildman–Crippen MR) is 279 cm³/mol. The summed E-state index contributed by atoms with van der Waals surface area (Å²) in [5.74, 6) is 5.49. The third kappa shape index (κ3) is 19.9. The molecule has 0 unspecified atom stereocenters. The minimum absolute atomic E-state index is 0. The number of ether oxygens (including phenoxy) is 3. The molecule has 0 bridgehead atoms. The summed E-state index contributed by atoms with van der Waals surface area (Å²) in [6.07, 6.45) is 51.1. The van der Waals surface area contributed by atoms with Crippen molar-refractivity contribution in [1.82, 2.24) is 4.90 Å². The van der Waals surface area contributed by atoms with Crippen LogP contribution in [-0.4, -0.2) is 64.2 Å². The van der Waals surface area contributed by atoms with Crippen LogP contribution in [0.3, 0.4) is 0 Å². The highest BCUT2D eigenvalue weighted by molar-refractivity contribution is 7.59. The Bertz CT molecular complexity index is 1250. The monoisotopic (exact) mass is 898 g/mol. The lowest BCUT2D eigenvalue weighted by Gasteiger charge is -2.58. The Morgan fingerprint density at radius 1 is 0.698 bits per heavy atom. The maximum Gasteiger partial charge on any atom is 0.0934 e. The van der Waals surface area contributed by atoms with Crippen LogP contribution in [0.2, 0.25) is 0 Å². The number of fused-ring (bicyclic) bond motifs is 5. The van der Waals surface area contributed by atoms with Crippen LogP contribution in [0, 0.1) is 46.3 Å². The first kappa shape index (κ1) is 56.7. The van der Waals surface area contributed by atoms with Crippen molar-refractivity contribution in [2.24, 2.45) is 46.3 Å². The number of likely N-dealkylation sites (N-methyl/N-ethyl adjacent to an activating group) is 1. The molecule has 5 heteroatoms. The van der Waals surface area contributed by atoms with Gasteiger partial charge in [-0.05, 0) is 163 Å². The minimum atomic E-state index is 0. The van der Waals surface area contributed by atoms with E-state index in [1.807, 2.05) is 0 Å². The van der Waals surface area contributed by atoms with Gasteiger partial charge in [0.1, 0.15) is 0 Å². The third-order valence-electron chi connectivity index (χ3n) is 16.9. The molecule has 9 atom stereocenters. The number of nitrogens with zero attached hydrogens (tertiary/aromatic N) is 1. The summed E-state index contributed by atoms with van der Waals surface area (Å²) < 4.78 is 19.0. The van der Waals surface area contributed by atoms with Crippen molar-refractivity contribution < 1.29 is 14.2 Å². The van der Waals surface area contributed by atoms with Gasteiger partial charge in [0.2, 0.25) is 0 Å². The molecule has 4 nitrogen and oxygen atoms in total. The topological polar surface area (TPSA) is 30.9 Å². The molecular weight excluding hydrogens is 791 g/mol. The molecular formula is C58H107NO3S. The fraction of sp³-hybridized carbons (Fsp3) is 0.897. The van der Waals surface area contributed by atoms with Crippen LogP contribution < -0.4 is 0 Å². The van der Waals surface area contributed by atoms with Crippen molar-refractivity contribution in [3.63, 3.8) is 0 Å². The highest BCUT2D eigenvalue weighted by Gasteiger charge is 2.59. The molecule has 0 aromatic heterocycles. The van der Waals surface area contributed by atoms with E-state index in [0.717, 1.165) is 81.3 Å². The molecule has 4 aliphatic rings. The molecule has 4 rings (SSSR count). The SMILES string of the molecule is CCCCC/C=C\C/C=C\CCCCCCCCOC[C@H](CN(C)C)OCCCCCCCCO[C@H]1CC[C@@]2(C)C(=CC[C@H]3[C@@H]4CC[C@H]([C@H](C)CCCC(C)C)[C@@]4(C)CC[C@@H]32)C1.S. The summed E-state index contributed by atoms with van der Waals surface area (Å²) in [4.78, 5) is 2.23. The van der Waals surface area contributed by atoms with Gasteiger partial charge in [0.25, 0.3) is 0 Å². The molecule has 0 radical (unpaired) electrons. The first-order valence-electron chi connectivity index (χ1n) is 27.5. The largest absolute Gasteiger partial charge is 0.379 e. The van der Waals surface area contributed by atoms with Gasteiger partial charge in [-0.1, -0.05) is 161 Å². The van der Waals surface area contributed by atoms with Crippen LogP contribution in [0.1, 0.15) is 228 Å². The zero-order valence-corrected chi connectivity index (χ0v) is 44.2. The second-order valence-electron chi connectivity index (χ2n) is 22.6. The lowest BCUT2D eigenvalue weighted by atomic mass is 9.47. The summed E-state index contributed by atoms with van der Waals surface area (Å²) in [5.41, 5.74) is 2.79. The zero-order chi connectivity index (χ0) is 44.5. The Kier molecular flexibility index (Phi) is 29.0. The average molecular weight is 899 g/mol. The van der Waals surface area contributed by atoms with Crippen LogP contribution in [0.15, 0.2) is 36.0 Å². The Morgan fingerprint density at radius 3 is 2.03 bits per heavy atom. The summed E-state index contributed by atoms with van der Waals surface area (Å²) in [6.45, 7) is 19.4. The molecule has 4 aliphatic carbocycles. The van der Waals surface area contributed by atoms with Gasteiger partial charge in [-0.3, -0.25) is 0 Å². The van der Waals surface area contributed by atoms with Crippen LogP contribution in [0.25, 0.3) is 0 Å². The number of hydrogen-bond donors (Lipinski definition) is 0. The van der Waals surface area contributed by atoms with Gasteiger partial charge in [-0.15, -0.1) is 0 Å². The quantitative estimate of drug-likeness (QED) is 0.0468. The van der Waals surface area contributed by atoms with Crippen molar-refractivity contribution in [1.29, 1.82) is 0 Å². The van der Waals surface area contributed by atoms with E-state index in [4.69, 9.17) is 14.2 Å². The Morgan fingerprint density at radius 2 is 1.35 bits per heavy atom. The van der Waals surface area contributed by atoms with E-state index >= 15 is 0 Å². The van der Waals surface area contributed by atoms with Crippen LogP contribution in [-0.2, 0) is 14.2 Å². The van der Waals surface area contributed by atoms with Crippen molar-refractivity contribution in [2.75, 3.05) is 47.1 Å². The van der Waals surface area contributed by atoms with Gasteiger partial charge in [0.15, 0.2) is 0 Å². The van der Waals surface area contributed by atoms with E-state index in [0.29, 0.717) is 16.9 Å². The van der Waals surface area contributed by atoms with Gasteiger partial charge in [-0.25, -0.2) is 0 Å². The van der Waals surface area contributed by atoms with Crippen molar-refractivity contribution in [3.8, 4) is 0 Å². The second kappa shape index (κ2) is 32.2. The van der Waals surface area contributed by atoms with Gasteiger partial charge in [-0.2, -0.15) is 13.5 Å². The van der Waals surface area contributed by atoms with Crippen molar-refractivity contribution in [2.45, 2.75) is 240 Å². The number of unbranched alkanes of at least 4 members (excludes halogenated alkanes) is 14. The first-order valence-corrected chi connectivity index (χ1v) is 27.5. The fourth-order valence-corrected chi connectivity index (χ4v) is 13.2. The fourth-order valence-electron chi connectivity index (χ4n) is 13.2. The predicted octanol–water partition coefficient (Wildman–Crippen LogP) is 16.6. The molecule has 0 aliphatic heterocycles. The lowest BCUT2D eigenvalue weighted by Crippen LogP contribution is -2.51. The van der Waals surface area contributed by atoms with Crippen LogP contribution >= 0.6 is 13.5 Å². The summed E-state index contributed by atoms with van der Waals surface area (Å²) >= 11 is 0. The van der Waals surface area contributed by atoms with E-state index in [1.54, 1.807) is 5.57 Å². The normalized spacial score (nSPS) is 28.0. The Hall–Kier alpha value is -0.590. The number of allylic oxidation sites excluding steroid dienone is 5. The van der Waals surface area contributed by atoms with Gasteiger partial charge >= 0.3 is 0 Å². The first-order chi connectivity index (χ1) is 30.1. The van der Waals surface area contributed by atoms with E-state index in [-0.39, 0.29) is 19.6 Å². The summed E-state index contributed by atoms with van der Waals surface area (Å²) in [5, 5.41) is 0. The minimum Gasteiger partial charge on any atom is -0.379 e. The van der Waals surface area contributed by atoms with E-state index in [9.17, 15) is 0 Å². The molecule has 0 heterocycles. The van der Waals surface area contributed by atoms with Crippen LogP contribution in [0.4, 0.5) is 0 Å². The standard InChI is InChI=1S/C58H105NO3.H2S/c1-9-10-11-12-13-14-15-16-17-18-19-20-21-22-25-28-42-60-47-52(46-59(7)8)62-44-30-27-24-23-26-29-43-61-51-38-40-57(5)50(45-51)34-35-53-55-37-36-54(49(4)33-31-32-48(2)3)58(55,6)41-39-56(53)57;/h13-14,16-17,34,48-49,51-56H,9-12,15,18-33,35-47H2,1-8H3;1H2/b14-13-,17-16-;/t49-,51+,52+,53+,54-,55+,56+,57+,58-;/m1./s1. The molecule has 0 N–H and O–H groups in total. The lowest BCUT2D eigenvalue weighted by molar-refractivity contribution is -0.0641. The highest BCUT2D eigenvalue weighted by Crippen LogP contribution is 2.67. The van der Waals surface area contributed by atoms with Crippen molar-refractivity contribution >= 4 is 13.5 Å². The van der Waals surface area contributed by atoms with Crippen LogP contribution in [0.5, 0.6) is 0 Å². The molecule has 0 saturated heterocycles. The zero-order valence-electron chi connectivity index (χ0n) is 43.2. The molecule has 0 amide bonds. The molecule has 368 valence electrons. The molecule has 3 fully saturated rings. The smallest absolute Gasteiger partial charge is 0.0934 e. The van der Waals surface area contributed by atoms with Crippen molar-refractivity contribution in [3.05, 3.63) is 36.0 Å². The Balaban J connectivity index is 0.0000106. The third-order valence-corrected chi connectivity index (χ3v) is 16.9. The molecule has 0 spiro atoms. The summed E-state index contributed by atoms with van der Waals surface area (Å²) in [6, 6.07) is 0. The maximum atomic E-state index is 6.61. The molecule has 3 saturated carbocycles. The van der Waals surface area contributed by atoms with E-state index < -0.39 is 0 Å². The van der Waals surface area contributed by atoms with Gasteiger partial charge in [0, 0.05) is 26.4 Å². The molecule has 0 aromatic carbocycles. The van der Waals surface area contributed by atoms with E-state index in [2.05, 4.69) is 90.9 Å². The second-order valence-corrected chi connectivity index (χ2v) is 22.6. The van der Waals surface area contributed by atoms with E-state index in [1.165, 1.54) is 173 Å². The summed E-state index contributed by atoms with van der Waals surface area (Å²) in [7, 11) is 4.28. The number of rotatable bonds is 35. The Labute approximate surface area is 400 Å².